The van der Waals surface area contributed by atoms with Crippen molar-refractivity contribution in [3.05, 3.63) is 64.1 Å². The molecule has 1 aromatic heterocycles. The van der Waals surface area contributed by atoms with Crippen LogP contribution < -0.4 is 11.1 Å². The van der Waals surface area contributed by atoms with Gasteiger partial charge in [0.25, 0.3) is 0 Å². The highest BCUT2D eigenvalue weighted by molar-refractivity contribution is 5.93. The summed E-state index contributed by atoms with van der Waals surface area (Å²) in [6.45, 7) is 0. The third-order valence-electron chi connectivity index (χ3n) is 3.71. The molecule has 0 saturated heterocycles. The van der Waals surface area contributed by atoms with Crippen LogP contribution >= 0.6 is 0 Å². The van der Waals surface area contributed by atoms with Crippen LogP contribution in [0.15, 0.2) is 51.7 Å². The molecule has 0 aliphatic rings. The second-order valence-electron chi connectivity index (χ2n) is 5.46. The SMILES string of the molecule is COC(=O)c1ccc(NC(=O)CCc2ccc3oc(=O)[nH]c3c2)cc1. The molecule has 1 amide bonds. The second kappa shape index (κ2) is 7.04. The molecule has 3 aromatic rings. The number of hydrogen-bond acceptors (Lipinski definition) is 5. The van der Waals surface area contributed by atoms with Gasteiger partial charge in [-0.25, -0.2) is 9.59 Å². The fourth-order valence-electron chi connectivity index (χ4n) is 2.44. The molecule has 128 valence electrons. The van der Waals surface area contributed by atoms with Crippen LogP contribution in [0.5, 0.6) is 0 Å². The van der Waals surface area contributed by atoms with Crippen molar-refractivity contribution in [1.29, 1.82) is 0 Å². The highest BCUT2D eigenvalue weighted by Gasteiger charge is 2.08. The van der Waals surface area contributed by atoms with Crippen LogP contribution in [0.1, 0.15) is 22.3 Å². The summed E-state index contributed by atoms with van der Waals surface area (Å²) in [6, 6.07) is 11.8. The maximum absolute atomic E-state index is 12.0. The molecule has 0 saturated carbocycles. The van der Waals surface area contributed by atoms with Crippen molar-refractivity contribution in [2.75, 3.05) is 12.4 Å². The topological polar surface area (TPSA) is 101 Å². The lowest BCUT2D eigenvalue weighted by Gasteiger charge is -2.06. The lowest BCUT2D eigenvalue weighted by atomic mass is 10.1. The number of H-pyrrole nitrogens is 1. The fourth-order valence-corrected chi connectivity index (χ4v) is 2.44. The standard InChI is InChI=1S/C18H16N2O5/c1-24-17(22)12-4-6-13(7-5-12)19-16(21)9-3-11-2-8-15-14(10-11)20-18(23)25-15/h2,4-8,10H,3,9H2,1H3,(H,19,21)(H,20,23). The van der Waals surface area contributed by atoms with Gasteiger partial charge in [0.1, 0.15) is 0 Å². The number of aromatic amines is 1. The molecule has 0 bridgehead atoms. The largest absolute Gasteiger partial charge is 0.465 e. The van der Waals surface area contributed by atoms with Crippen LogP contribution in [-0.2, 0) is 16.0 Å². The maximum atomic E-state index is 12.0. The number of aryl methyl sites for hydroxylation is 1. The molecule has 0 unspecified atom stereocenters. The summed E-state index contributed by atoms with van der Waals surface area (Å²) in [7, 11) is 1.31. The smallest absolute Gasteiger partial charge is 0.417 e. The first-order chi connectivity index (χ1) is 12.0. The van der Waals surface area contributed by atoms with E-state index in [2.05, 4.69) is 15.0 Å². The quantitative estimate of drug-likeness (QED) is 0.695. The van der Waals surface area contributed by atoms with Crippen molar-refractivity contribution in [2.24, 2.45) is 0 Å². The van der Waals surface area contributed by atoms with Crippen molar-refractivity contribution in [1.82, 2.24) is 4.98 Å². The second-order valence-corrected chi connectivity index (χ2v) is 5.46. The number of nitrogens with one attached hydrogen (secondary N) is 2. The van der Waals surface area contributed by atoms with Gasteiger partial charge >= 0.3 is 11.7 Å². The zero-order chi connectivity index (χ0) is 17.8. The number of oxazole rings is 1. The normalized spacial score (nSPS) is 10.6. The molecule has 7 heteroatoms. The number of hydrogen-bond donors (Lipinski definition) is 2. The van der Waals surface area contributed by atoms with Gasteiger partial charge in [0, 0.05) is 12.1 Å². The van der Waals surface area contributed by atoms with Gasteiger partial charge in [0.05, 0.1) is 18.2 Å². The molecule has 2 aromatic carbocycles. The van der Waals surface area contributed by atoms with E-state index in [1.807, 2.05) is 6.07 Å². The Morgan fingerprint density at radius 2 is 1.92 bits per heavy atom. The first-order valence-electron chi connectivity index (χ1n) is 7.65. The van der Waals surface area contributed by atoms with Gasteiger partial charge < -0.3 is 14.5 Å². The number of fused-ring (bicyclic) bond motifs is 1. The van der Waals surface area contributed by atoms with Crippen molar-refractivity contribution in [2.45, 2.75) is 12.8 Å². The Morgan fingerprint density at radius 1 is 1.16 bits per heavy atom. The molecule has 0 spiro atoms. The molecule has 0 atom stereocenters. The van der Waals surface area contributed by atoms with Crippen LogP contribution in [-0.4, -0.2) is 24.0 Å². The highest BCUT2D eigenvalue weighted by Crippen LogP contribution is 2.15. The first-order valence-corrected chi connectivity index (χ1v) is 7.65. The third kappa shape index (κ3) is 3.95. The number of methoxy groups -OCH3 is 1. The number of rotatable bonds is 5. The Morgan fingerprint density at radius 3 is 2.64 bits per heavy atom. The Bertz CT molecular complexity index is 969. The summed E-state index contributed by atoms with van der Waals surface area (Å²) < 4.78 is 9.56. The Labute approximate surface area is 142 Å². The van der Waals surface area contributed by atoms with Crippen molar-refractivity contribution in [3.63, 3.8) is 0 Å². The van der Waals surface area contributed by atoms with E-state index >= 15 is 0 Å². The summed E-state index contributed by atoms with van der Waals surface area (Å²) in [5.74, 6) is -1.07. The van der Waals surface area contributed by atoms with Gasteiger partial charge in [-0.1, -0.05) is 6.07 Å². The number of carbonyl (C=O) groups excluding carboxylic acids is 2. The highest BCUT2D eigenvalue weighted by atomic mass is 16.5. The summed E-state index contributed by atoms with van der Waals surface area (Å²) in [5.41, 5.74) is 3.04. The Kier molecular flexibility index (Phi) is 4.65. The van der Waals surface area contributed by atoms with E-state index in [0.717, 1.165) is 5.56 Å². The van der Waals surface area contributed by atoms with Crippen LogP contribution in [0, 0.1) is 0 Å². The Hall–Kier alpha value is -3.35. The molecule has 7 nitrogen and oxygen atoms in total. The monoisotopic (exact) mass is 340 g/mol. The van der Waals surface area contributed by atoms with Crippen molar-refractivity contribution in [3.8, 4) is 0 Å². The number of anilines is 1. The minimum atomic E-state index is -0.500. The molecule has 0 aliphatic heterocycles. The molecule has 1 heterocycles. The van der Waals surface area contributed by atoms with Crippen molar-refractivity contribution >= 4 is 28.7 Å². The summed E-state index contributed by atoms with van der Waals surface area (Å²) >= 11 is 0. The van der Waals surface area contributed by atoms with Crippen LogP contribution in [0.2, 0.25) is 0 Å². The molecular formula is C18H16N2O5. The molecule has 25 heavy (non-hydrogen) atoms. The third-order valence-corrected chi connectivity index (χ3v) is 3.71. The lowest BCUT2D eigenvalue weighted by Crippen LogP contribution is -2.12. The van der Waals surface area contributed by atoms with Gasteiger partial charge in [0.2, 0.25) is 5.91 Å². The average molecular weight is 340 g/mol. The fraction of sp³-hybridized carbons (Fsp3) is 0.167. The predicted molar refractivity (Wildman–Crippen MR) is 91.6 cm³/mol. The zero-order valence-electron chi connectivity index (χ0n) is 13.5. The van der Waals surface area contributed by atoms with Crippen molar-refractivity contribution < 1.29 is 18.7 Å². The number of ether oxygens (including phenoxy) is 1. The van der Waals surface area contributed by atoms with Crippen LogP contribution in [0.25, 0.3) is 11.1 Å². The van der Waals surface area contributed by atoms with E-state index in [1.165, 1.54) is 7.11 Å². The summed E-state index contributed by atoms with van der Waals surface area (Å²) in [4.78, 5) is 37.1. The molecule has 0 radical (unpaired) electrons. The molecular weight excluding hydrogens is 324 g/mol. The van der Waals surface area contributed by atoms with Gasteiger partial charge in [-0.05, 0) is 48.4 Å². The Balaban J connectivity index is 1.58. The van der Waals surface area contributed by atoms with Gasteiger partial charge in [-0.2, -0.15) is 0 Å². The number of esters is 1. The van der Waals surface area contributed by atoms with E-state index in [0.29, 0.717) is 28.8 Å². The molecule has 0 aliphatic carbocycles. The summed E-state index contributed by atoms with van der Waals surface area (Å²) in [6.07, 6.45) is 0.807. The maximum Gasteiger partial charge on any atom is 0.417 e. The minimum absolute atomic E-state index is 0.147. The van der Waals surface area contributed by atoms with Gasteiger partial charge in [-0.3, -0.25) is 9.78 Å². The number of aromatic nitrogens is 1. The molecule has 0 fully saturated rings. The van der Waals surface area contributed by atoms with E-state index in [4.69, 9.17) is 4.42 Å². The van der Waals surface area contributed by atoms with Crippen LogP contribution in [0.3, 0.4) is 0 Å². The van der Waals surface area contributed by atoms with Gasteiger partial charge in [0.15, 0.2) is 5.58 Å². The summed E-state index contributed by atoms with van der Waals surface area (Å²) in [5, 5.41) is 2.77. The molecule has 2 N–H and O–H groups in total. The number of amides is 1. The number of benzene rings is 2. The number of carbonyl (C=O) groups is 2. The molecule has 3 rings (SSSR count). The van der Waals surface area contributed by atoms with Gasteiger partial charge in [-0.15, -0.1) is 0 Å². The lowest BCUT2D eigenvalue weighted by molar-refractivity contribution is -0.116. The average Bonchev–Trinajstić information content (AvgIpc) is 2.99. The van der Waals surface area contributed by atoms with E-state index in [1.54, 1.807) is 36.4 Å². The zero-order valence-corrected chi connectivity index (χ0v) is 13.5. The van der Waals surface area contributed by atoms with E-state index < -0.39 is 11.7 Å². The van der Waals surface area contributed by atoms with Crippen LogP contribution in [0.4, 0.5) is 5.69 Å². The first kappa shape index (κ1) is 16.5. The van der Waals surface area contributed by atoms with E-state index in [-0.39, 0.29) is 12.3 Å². The minimum Gasteiger partial charge on any atom is -0.465 e. The predicted octanol–water partition coefficient (Wildman–Crippen LogP) is 2.48. The van der Waals surface area contributed by atoms with E-state index in [9.17, 15) is 14.4 Å².